The Morgan fingerprint density at radius 3 is 2.20 bits per heavy atom. The summed E-state index contributed by atoms with van der Waals surface area (Å²) in [6.07, 6.45) is 1.06. The second-order valence-electron chi connectivity index (χ2n) is 8.62. The van der Waals surface area contributed by atoms with E-state index in [4.69, 9.17) is 14.3 Å². The molecule has 2 fully saturated rings. The maximum Gasteiger partial charge on any atom is 0.266 e. The molecule has 0 saturated carbocycles. The van der Waals surface area contributed by atoms with Gasteiger partial charge in [-0.15, -0.1) is 0 Å². The normalized spacial score (nSPS) is 21.4. The second-order valence-corrected chi connectivity index (χ2v) is 8.62. The minimum Gasteiger partial charge on any atom is -0.493 e. The van der Waals surface area contributed by atoms with Gasteiger partial charge in [0.25, 0.3) is 5.91 Å². The van der Waals surface area contributed by atoms with Crippen LogP contribution in [0.1, 0.15) is 31.4 Å². The van der Waals surface area contributed by atoms with Crippen molar-refractivity contribution in [1.29, 1.82) is 0 Å². The molecule has 0 bridgehead atoms. The molecule has 0 spiro atoms. The summed E-state index contributed by atoms with van der Waals surface area (Å²) in [7, 11) is 1.59. The third-order valence-electron chi connectivity index (χ3n) is 6.43. The van der Waals surface area contributed by atoms with Crippen molar-refractivity contribution in [3.8, 4) is 11.5 Å². The molecular weight excluding hydrogens is 444 g/mol. The Balaban J connectivity index is 1.54. The molecule has 2 aliphatic rings. The molecular formula is C28H28N2O5. The standard InChI is InChI=1S/C28H28N2O5/c1-3-4-17-34-22-16-15-19(18-23(22)33-2)25-24-26(35-30(25)21-13-9-6-10-14-21)28(32)29(27(24)31)20-11-7-5-8-12-20/h5-16,18,24-26H,3-4,17H2,1-2H3. The van der Waals surface area contributed by atoms with Crippen LogP contribution in [0.15, 0.2) is 78.9 Å². The van der Waals surface area contributed by atoms with Crippen LogP contribution in [-0.4, -0.2) is 31.6 Å². The highest BCUT2D eigenvalue weighted by molar-refractivity contribution is 6.23. The smallest absolute Gasteiger partial charge is 0.266 e. The number of hydroxylamine groups is 1. The van der Waals surface area contributed by atoms with Gasteiger partial charge in [-0.1, -0.05) is 55.8 Å². The van der Waals surface area contributed by atoms with Crippen LogP contribution in [0.4, 0.5) is 11.4 Å². The molecule has 0 radical (unpaired) electrons. The Kier molecular flexibility index (Phi) is 6.42. The molecule has 35 heavy (non-hydrogen) atoms. The average molecular weight is 473 g/mol. The van der Waals surface area contributed by atoms with Crippen LogP contribution in [0.5, 0.6) is 11.5 Å². The first kappa shape index (κ1) is 22.9. The van der Waals surface area contributed by atoms with E-state index in [1.807, 2.05) is 54.6 Å². The third-order valence-corrected chi connectivity index (χ3v) is 6.43. The molecule has 2 heterocycles. The summed E-state index contributed by atoms with van der Waals surface area (Å²) in [4.78, 5) is 34.5. The Morgan fingerprint density at radius 2 is 1.54 bits per heavy atom. The van der Waals surface area contributed by atoms with Crippen molar-refractivity contribution in [3.63, 3.8) is 0 Å². The first-order valence-corrected chi connectivity index (χ1v) is 11.9. The number of benzene rings is 3. The third kappa shape index (κ3) is 4.12. The lowest BCUT2D eigenvalue weighted by molar-refractivity contribution is -0.126. The quantitative estimate of drug-likeness (QED) is 0.342. The fraction of sp³-hybridized carbons (Fsp3) is 0.286. The molecule has 2 saturated heterocycles. The number of rotatable bonds is 8. The van der Waals surface area contributed by atoms with E-state index in [1.54, 1.807) is 36.4 Å². The van der Waals surface area contributed by atoms with Crippen LogP contribution in [0, 0.1) is 5.92 Å². The zero-order valence-electron chi connectivity index (χ0n) is 19.8. The number of methoxy groups -OCH3 is 1. The molecule has 2 amide bonds. The summed E-state index contributed by atoms with van der Waals surface area (Å²) in [6, 6.07) is 23.6. The number of carbonyl (C=O) groups is 2. The molecule has 3 atom stereocenters. The highest BCUT2D eigenvalue weighted by atomic mass is 16.7. The van der Waals surface area contributed by atoms with E-state index in [0.29, 0.717) is 23.8 Å². The molecule has 180 valence electrons. The van der Waals surface area contributed by atoms with Crippen LogP contribution in [0.25, 0.3) is 0 Å². The molecule has 0 aromatic heterocycles. The van der Waals surface area contributed by atoms with Crippen molar-refractivity contribution >= 4 is 23.2 Å². The number of imide groups is 1. The molecule has 3 aromatic carbocycles. The Bertz CT molecular complexity index is 1200. The number of hydrogen-bond donors (Lipinski definition) is 0. The van der Waals surface area contributed by atoms with Gasteiger partial charge in [-0.3, -0.25) is 14.4 Å². The Morgan fingerprint density at radius 1 is 0.857 bits per heavy atom. The number of para-hydroxylation sites is 2. The maximum absolute atomic E-state index is 13.7. The largest absolute Gasteiger partial charge is 0.493 e. The van der Waals surface area contributed by atoms with Crippen molar-refractivity contribution in [3.05, 3.63) is 84.4 Å². The van der Waals surface area contributed by atoms with Crippen molar-refractivity contribution in [2.75, 3.05) is 23.7 Å². The fourth-order valence-corrected chi connectivity index (χ4v) is 4.70. The van der Waals surface area contributed by atoms with Gasteiger partial charge in [0.15, 0.2) is 17.6 Å². The van der Waals surface area contributed by atoms with Crippen LogP contribution < -0.4 is 19.4 Å². The van der Waals surface area contributed by atoms with Crippen molar-refractivity contribution in [2.24, 2.45) is 5.92 Å². The van der Waals surface area contributed by atoms with E-state index < -0.39 is 18.1 Å². The number of amides is 2. The van der Waals surface area contributed by atoms with Crippen LogP contribution in [-0.2, 0) is 14.4 Å². The van der Waals surface area contributed by atoms with Gasteiger partial charge < -0.3 is 9.47 Å². The highest BCUT2D eigenvalue weighted by Crippen LogP contribution is 2.48. The molecule has 3 unspecified atom stereocenters. The maximum atomic E-state index is 13.7. The number of nitrogens with zero attached hydrogens (tertiary/aromatic N) is 2. The molecule has 2 aliphatic heterocycles. The van der Waals surface area contributed by atoms with E-state index in [1.165, 1.54) is 4.90 Å². The molecule has 0 N–H and O–H groups in total. The lowest BCUT2D eigenvalue weighted by Crippen LogP contribution is -2.37. The first-order chi connectivity index (χ1) is 17.1. The van der Waals surface area contributed by atoms with Gasteiger partial charge in [-0.2, -0.15) is 0 Å². The number of unbranched alkanes of at least 4 members (excludes halogenated alkanes) is 1. The summed E-state index contributed by atoms with van der Waals surface area (Å²) >= 11 is 0. The predicted octanol–water partition coefficient (Wildman–Crippen LogP) is 4.93. The molecule has 5 rings (SSSR count). The van der Waals surface area contributed by atoms with Crippen LogP contribution in [0.3, 0.4) is 0 Å². The van der Waals surface area contributed by atoms with Gasteiger partial charge >= 0.3 is 0 Å². The van der Waals surface area contributed by atoms with E-state index in [9.17, 15) is 9.59 Å². The second kappa shape index (κ2) is 9.80. The molecule has 7 heteroatoms. The van der Waals surface area contributed by atoms with Gasteiger partial charge in [0.05, 0.1) is 31.1 Å². The number of hydrogen-bond acceptors (Lipinski definition) is 6. The minimum absolute atomic E-state index is 0.281. The average Bonchev–Trinajstić information content (AvgIpc) is 3.41. The van der Waals surface area contributed by atoms with Gasteiger partial charge in [0, 0.05) is 0 Å². The highest BCUT2D eigenvalue weighted by Gasteiger charge is 2.60. The molecule has 0 aliphatic carbocycles. The summed E-state index contributed by atoms with van der Waals surface area (Å²) in [6.45, 7) is 2.70. The van der Waals surface area contributed by atoms with E-state index in [2.05, 4.69) is 6.92 Å². The van der Waals surface area contributed by atoms with Crippen LogP contribution >= 0.6 is 0 Å². The van der Waals surface area contributed by atoms with Gasteiger partial charge in [-0.05, 0) is 48.4 Å². The summed E-state index contributed by atoms with van der Waals surface area (Å²) in [5, 5.41) is 1.68. The lowest BCUT2D eigenvalue weighted by Gasteiger charge is -2.29. The predicted molar refractivity (Wildman–Crippen MR) is 132 cm³/mol. The van der Waals surface area contributed by atoms with E-state index in [0.717, 1.165) is 24.1 Å². The summed E-state index contributed by atoms with van der Waals surface area (Å²) in [5.41, 5.74) is 2.11. The zero-order valence-corrected chi connectivity index (χ0v) is 19.8. The Hall–Kier alpha value is -3.84. The number of anilines is 2. The zero-order chi connectivity index (χ0) is 24.4. The van der Waals surface area contributed by atoms with Crippen molar-refractivity contribution in [1.82, 2.24) is 0 Å². The fourth-order valence-electron chi connectivity index (χ4n) is 4.70. The number of ether oxygens (including phenoxy) is 2. The minimum atomic E-state index is -0.917. The number of fused-ring (bicyclic) bond motifs is 1. The van der Waals surface area contributed by atoms with Crippen molar-refractivity contribution < 1.29 is 23.9 Å². The Labute approximate surface area is 204 Å². The SMILES string of the molecule is CCCCOc1ccc(C2C3C(=O)N(c4ccccc4)C(=O)C3ON2c2ccccc2)cc1OC. The lowest BCUT2D eigenvalue weighted by atomic mass is 9.90. The summed E-state index contributed by atoms with van der Waals surface area (Å²) < 4.78 is 11.5. The van der Waals surface area contributed by atoms with Gasteiger partial charge in [-0.25, -0.2) is 9.96 Å². The van der Waals surface area contributed by atoms with E-state index >= 15 is 0 Å². The van der Waals surface area contributed by atoms with Crippen LogP contribution in [0.2, 0.25) is 0 Å². The first-order valence-electron chi connectivity index (χ1n) is 11.9. The monoisotopic (exact) mass is 472 g/mol. The van der Waals surface area contributed by atoms with E-state index in [-0.39, 0.29) is 11.8 Å². The number of carbonyl (C=O) groups excluding carboxylic acids is 2. The van der Waals surface area contributed by atoms with Gasteiger partial charge in [0.2, 0.25) is 5.91 Å². The topological polar surface area (TPSA) is 68.3 Å². The summed E-state index contributed by atoms with van der Waals surface area (Å²) in [5.74, 6) is -0.129. The van der Waals surface area contributed by atoms with Gasteiger partial charge in [0.1, 0.15) is 5.92 Å². The van der Waals surface area contributed by atoms with Crippen molar-refractivity contribution in [2.45, 2.75) is 31.9 Å². The molecule has 3 aromatic rings. The molecule has 7 nitrogen and oxygen atoms in total.